The molecule has 4 heterocycles. The number of hydrogen-bond acceptors (Lipinski definition) is 7. The van der Waals surface area contributed by atoms with E-state index in [0.717, 1.165) is 12.3 Å². The first-order valence-corrected chi connectivity index (χ1v) is 11.4. The number of alkyl halides is 3. The molecule has 200 valence electrons. The van der Waals surface area contributed by atoms with E-state index in [-0.39, 0.29) is 34.8 Å². The molecule has 0 radical (unpaired) electrons. The average Bonchev–Trinajstić information content (AvgIpc) is 3.66. The number of hydrogen-bond donors (Lipinski definition) is 2. The molecule has 14 heteroatoms. The molecule has 0 spiro atoms. The van der Waals surface area contributed by atoms with Crippen LogP contribution in [-0.4, -0.2) is 43.3 Å². The van der Waals surface area contributed by atoms with Crippen LogP contribution < -0.4 is 15.4 Å². The van der Waals surface area contributed by atoms with Gasteiger partial charge < -0.3 is 19.8 Å². The Morgan fingerprint density at radius 3 is 2.56 bits per heavy atom. The molecule has 0 atom stereocenters. The van der Waals surface area contributed by atoms with Crippen LogP contribution in [0.3, 0.4) is 0 Å². The van der Waals surface area contributed by atoms with Crippen molar-refractivity contribution in [3.8, 4) is 17.0 Å². The van der Waals surface area contributed by atoms with E-state index in [2.05, 4.69) is 25.8 Å². The lowest BCUT2D eigenvalue weighted by molar-refractivity contribution is -0.142. The molecule has 0 aliphatic rings. The van der Waals surface area contributed by atoms with Gasteiger partial charge in [0.15, 0.2) is 17.0 Å². The van der Waals surface area contributed by atoms with Crippen molar-refractivity contribution in [3.05, 3.63) is 83.8 Å². The third kappa shape index (κ3) is 5.16. The normalized spacial score (nSPS) is 11.5. The summed E-state index contributed by atoms with van der Waals surface area (Å²) >= 11 is 0. The third-order valence-electron chi connectivity index (χ3n) is 5.69. The summed E-state index contributed by atoms with van der Waals surface area (Å²) < 4.78 is 54.0. The van der Waals surface area contributed by atoms with E-state index < -0.39 is 23.7 Å². The van der Waals surface area contributed by atoms with Gasteiger partial charge in [-0.25, -0.2) is 9.50 Å². The number of furan rings is 1. The molecule has 2 amide bonds. The van der Waals surface area contributed by atoms with Gasteiger partial charge in [-0.1, -0.05) is 0 Å². The minimum absolute atomic E-state index is 0.0219. The van der Waals surface area contributed by atoms with Crippen LogP contribution in [0.15, 0.2) is 65.5 Å². The SMILES string of the molecule is COc1ccc(-c2cc(C(F)(F)F)n3ncc(C(=O)Nc4cn(C)nc4C(=O)NCc4ccco4)c3n2)cc1. The summed E-state index contributed by atoms with van der Waals surface area (Å²) in [5.41, 5.74) is -1.37. The number of benzene rings is 1. The van der Waals surface area contributed by atoms with Crippen molar-refractivity contribution >= 4 is 23.1 Å². The first kappa shape index (κ1) is 25.5. The molecule has 0 bridgehead atoms. The number of aryl methyl sites for hydroxylation is 1. The highest BCUT2D eigenvalue weighted by atomic mass is 19.4. The standard InChI is InChI=1S/C25H20F3N7O4/c1-34-13-19(21(33-34)24(37)29-11-16-4-3-9-39-16)32-23(36)17-12-30-35-20(25(26,27)28)10-18(31-22(17)35)14-5-7-15(38-2)8-6-14/h3-10,12-13H,11H2,1-2H3,(H,29,37)(H,32,36). The molecule has 0 saturated heterocycles. The fourth-order valence-electron chi connectivity index (χ4n) is 3.84. The number of ether oxygens (including phenoxy) is 1. The van der Waals surface area contributed by atoms with Gasteiger partial charge in [0.25, 0.3) is 11.8 Å². The Balaban J connectivity index is 1.48. The Kier molecular flexibility index (Phi) is 6.52. The third-order valence-corrected chi connectivity index (χ3v) is 5.69. The van der Waals surface area contributed by atoms with Crippen molar-refractivity contribution in [1.82, 2.24) is 29.7 Å². The number of amides is 2. The van der Waals surface area contributed by atoms with Gasteiger partial charge in [0.05, 0.1) is 37.5 Å². The van der Waals surface area contributed by atoms with E-state index >= 15 is 0 Å². The quantitative estimate of drug-likeness (QED) is 0.321. The molecule has 4 aromatic heterocycles. The van der Waals surface area contributed by atoms with Gasteiger partial charge in [-0.15, -0.1) is 0 Å². The fourth-order valence-corrected chi connectivity index (χ4v) is 3.84. The van der Waals surface area contributed by atoms with Crippen molar-refractivity contribution in [2.45, 2.75) is 12.7 Å². The Morgan fingerprint density at radius 2 is 1.90 bits per heavy atom. The average molecular weight is 539 g/mol. The Hall–Kier alpha value is -5.14. The highest BCUT2D eigenvalue weighted by Gasteiger charge is 2.36. The molecule has 0 aliphatic heterocycles. The first-order valence-electron chi connectivity index (χ1n) is 11.4. The van der Waals surface area contributed by atoms with E-state index in [1.165, 1.54) is 24.3 Å². The van der Waals surface area contributed by atoms with Crippen LogP contribution in [0.1, 0.15) is 32.3 Å². The molecule has 0 saturated carbocycles. The predicted octanol–water partition coefficient (Wildman–Crippen LogP) is 3.93. The highest BCUT2D eigenvalue weighted by molar-refractivity contribution is 6.11. The van der Waals surface area contributed by atoms with Crippen LogP contribution in [0.25, 0.3) is 16.9 Å². The number of halogens is 3. The van der Waals surface area contributed by atoms with Crippen molar-refractivity contribution in [2.24, 2.45) is 7.05 Å². The van der Waals surface area contributed by atoms with Crippen LogP contribution in [0, 0.1) is 0 Å². The zero-order valence-electron chi connectivity index (χ0n) is 20.5. The predicted molar refractivity (Wildman–Crippen MR) is 131 cm³/mol. The maximum atomic E-state index is 13.9. The Labute approximate surface area is 218 Å². The van der Waals surface area contributed by atoms with E-state index in [4.69, 9.17) is 9.15 Å². The molecule has 0 aliphatic carbocycles. The number of carbonyl (C=O) groups excluding carboxylic acids is 2. The van der Waals surface area contributed by atoms with Gasteiger partial charge in [0.1, 0.15) is 17.1 Å². The molecule has 5 aromatic rings. The van der Waals surface area contributed by atoms with E-state index in [1.54, 1.807) is 43.4 Å². The maximum Gasteiger partial charge on any atom is 0.433 e. The molecular weight excluding hydrogens is 519 g/mol. The fraction of sp³-hybridized carbons (Fsp3) is 0.160. The monoisotopic (exact) mass is 539 g/mol. The molecule has 1 aromatic carbocycles. The lowest BCUT2D eigenvalue weighted by Crippen LogP contribution is -2.25. The number of aromatic nitrogens is 5. The van der Waals surface area contributed by atoms with E-state index in [0.29, 0.717) is 21.6 Å². The summed E-state index contributed by atoms with van der Waals surface area (Å²) in [5.74, 6) is -0.400. The highest BCUT2D eigenvalue weighted by Crippen LogP contribution is 2.33. The van der Waals surface area contributed by atoms with Crippen LogP contribution in [0.4, 0.5) is 18.9 Å². The summed E-state index contributed by atoms with van der Waals surface area (Å²) in [6.45, 7) is 0.0854. The van der Waals surface area contributed by atoms with Crippen LogP contribution in [-0.2, 0) is 19.8 Å². The lowest BCUT2D eigenvalue weighted by atomic mass is 10.1. The molecular formula is C25H20F3N7O4. The zero-order valence-corrected chi connectivity index (χ0v) is 20.5. The lowest BCUT2D eigenvalue weighted by Gasteiger charge is -2.12. The van der Waals surface area contributed by atoms with Gasteiger partial charge in [0, 0.05) is 18.8 Å². The van der Waals surface area contributed by atoms with Crippen LogP contribution in [0.5, 0.6) is 5.75 Å². The Bertz CT molecular complexity index is 1660. The number of nitrogens with one attached hydrogen (secondary N) is 2. The second kappa shape index (κ2) is 9.96. The summed E-state index contributed by atoms with van der Waals surface area (Å²) in [5, 5.41) is 13.0. The number of fused-ring (bicyclic) bond motifs is 1. The van der Waals surface area contributed by atoms with Gasteiger partial charge in [-0.3, -0.25) is 14.3 Å². The van der Waals surface area contributed by atoms with Crippen molar-refractivity contribution in [1.29, 1.82) is 0 Å². The summed E-state index contributed by atoms with van der Waals surface area (Å²) in [4.78, 5) is 30.2. The smallest absolute Gasteiger partial charge is 0.433 e. The first-order chi connectivity index (χ1) is 18.6. The molecule has 0 fully saturated rings. The maximum absolute atomic E-state index is 13.9. The van der Waals surface area contributed by atoms with Crippen molar-refractivity contribution in [2.75, 3.05) is 12.4 Å². The van der Waals surface area contributed by atoms with E-state index in [9.17, 15) is 22.8 Å². The number of nitrogens with zero attached hydrogens (tertiary/aromatic N) is 5. The van der Waals surface area contributed by atoms with Crippen molar-refractivity contribution < 1.29 is 31.9 Å². The summed E-state index contributed by atoms with van der Waals surface area (Å²) in [6.07, 6.45) is -0.951. The molecule has 2 N–H and O–H groups in total. The number of carbonyl (C=O) groups is 2. The van der Waals surface area contributed by atoms with Gasteiger partial charge >= 0.3 is 6.18 Å². The van der Waals surface area contributed by atoms with Crippen LogP contribution >= 0.6 is 0 Å². The minimum Gasteiger partial charge on any atom is -0.497 e. The number of rotatable bonds is 7. The van der Waals surface area contributed by atoms with Crippen molar-refractivity contribution in [3.63, 3.8) is 0 Å². The van der Waals surface area contributed by atoms with Gasteiger partial charge in [-0.05, 0) is 42.5 Å². The summed E-state index contributed by atoms with van der Waals surface area (Å²) in [6, 6.07) is 10.5. The van der Waals surface area contributed by atoms with Crippen LogP contribution in [0.2, 0.25) is 0 Å². The van der Waals surface area contributed by atoms with E-state index in [1.807, 2.05) is 0 Å². The molecule has 11 nitrogen and oxygen atoms in total. The summed E-state index contributed by atoms with van der Waals surface area (Å²) in [7, 11) is 3.02. The second-order valence-electron chi connectivity index (χ2n) is 8.33. The topological polar surface area (TPSA) is 129 Å². The van der Waals surface area contributed by atoms with Gasteiger partial charge in [0.2, 0.25) is 0 Å². The minimum atomic E-state index is -4.79. The van der Waals surface area contributed by atoms with Gasteiger partial charge in [-0.2, -0.15) is 23.4 Å². The largest absolute Gasteiger partial charge is 0.497 e. The second-order valence-corrected chi connectivity index (χ2v) is 8.33. The zero-order chi connectivity index (χ0) is 27.7. The molecule has 39 heavy (non-hydrogen) atoms. The molecule has 5 rings (SSSR count). The number of methoxy groups -OCH3 is 1. The molecule has 0 unspecified atom stereocenters. The Morgan fingerprint density at radius 1 is 1.13 bits per heavy atom. The number of anilines is 1.